The van der Waals surface area contributed by atoms with E-state index in [0.717, 1.165) is 18.4 Å². The van der Waals surface area contributed by atoms with Gasteiger partial charge >= 0.3 is 0 Å². The Morgan fingerprint density at radius 1 is 1.50 bits per heavy atom. The fraction of sp³-hybridized carbons (Fsp3) is 0.400. The second-order valence-corrected chi connectivity index (χ2v) is 1.53. The average molecular weight is 82.1 g/mol. The van der Waals surface area contributed by atoms with Crippen LogP contribution in [0.5, 0.6) is 0 Å². The van der Waals surface area contributed by atoms with E-state index in [9.17, 15) is 4.79 Å². The van der Waals surface area contributed by atoms with Crippen LogP contribution in [-0.4, -0.2) is 5.78 Å². The smallest absolute Gasteiger partial charge is 0.158 e. The second kappa shape index (κ2) is 0.934. The predicted molar refractivity (Wildman–Crippen MR) is 23.4 cm³/mol. The third kappa shape index (κ3) is 0.280. The van der Waals surface area contributed by atoms with Gasteiger partial charge in [0.1, 0.15) is 0 Å². The first-order valence-electron chi connectivity index (χ1n) is 2.01. The maximum atomic E-state index is 10.1. The molecule has 0 aromatic carbocycles. The highest BCUT2D eigenvalue weighted by Crippen LogP contribution is 2.17. The lowest BCUT2D eigenvalue weighted by Gasteiger charge is -2.10. The van der Waals surface area contributed by atoms with E-state index in [2.05, 4.69) is 6.58 Å². The molecular formula is C5H6O. The van der Waals surface area contributed by atoms with Crippen LogP contribution in [0.15, 0.2) is 12.2 Å². The number of carbonyl (C=O) groups excluding carboxylic acids is 1. The van der Waals surface area contributed by atoms with E-state index in [4.69, 9.17) is 0 Å². The molecule has 0 bridgehead atoms. The maximum absolute atomic E-state index is 10.1. The Hall–Kier alpha value is -0.590. The average Bonchev–Trinajstić information content (AvgIpc) is 1.61. The molecule has 0 amide bonds. The highest BCUT2D eigenvalue weighted by Gasteiger charge is 2.16. The minimum atomic E-state index is 0.245. The van der Waals surface area contributed by atoms with Crippen molar-refractivity contribution in [3.05, 3.63) is 12.2 Å². The van der Waals surface area contributed by atoms with Gasteiger partial charge in [-0.1, -0.05) is 6.58 Å². The van der Waals surface area contributed by atoms with Crippen molar-refractivity contribution in [2.75, 3.05) is 0 Å². The van der Waals surface area contributed by atoms with Gasteiger partial charge < -0.3 is 0 Å². The number of carbonyl (C=O) groups is 1. The van der Waals surface area contributed by atoms with E-state index in [1.165, 1.54) is 0 Å². The van der Waals surface area contributed by atoms with Gasteiger partial charge in [-0.05, 0) is 12.0 Å². The molecule has 0 unspecified atom stereocenters. The Balaban J connectivity index is 2.61. The molecule has 1 aliphatic rings. The summed E-state index contributed by atoms with van der Waals surface area (Å²) in [6.45, 7) is 3.49. The van der Waals surface area contributed by atoms with Crippen molar-refractivity contribution in [3.63, 3.8) is 0 Å². The van der Waals surface area contributed by atoms with Gasteiger partial charge in [-0.3, -0.25) is 4.79 Å². The second-order valence-electron chi connectivity index (χ2n) is 1.53. The zero-order valence-electron chi connectivity index (χ0n) is 3.53. The van der Waals surface area contributed by atoms with Gasteiger partial charge in [-0.2, -0.15) is 0 Å². The van der Waals surface area contributed by atoms with Gasteiger partial charge in [0.2, 0.25) is 0 Å². The Labute approximate surface area is 36.7 Å². The molecule has 0 aliphatic heterocycles. The van der Waals surface area contributed by atoms with E-state index >= 15 is 0 Å². The number of hydrogen-bond donors (Lipinski definition) is 0. The fourth-order valence-corrected chi connectivity index (χ4v) is 0.404. The van der Waals surface area contributed by atoms with Crippen LogP contribution in [0.3, 0.4) is 0 Å². The summed E-state index contributed by atoms with van der Waals surface area (Å²) in [6.07, 6.45) is 1.66. The van der Waals surface area contributed by atoms with Crippen molar-refractivity contribution >= 4 is 5.78 Å². The summed E-state index contributed by atoms with van der Waals surface area (Å²) in [6, 6.07) is 0. The number of rotatable bonds is 0. The van der Waals surface area contributed by atoms with E-state index < -0.39 is 0 Å². The standard InChI is InChI=1S/C5H6O/c1-4-2-3-5(4)6/h1-3H2. The monoisotopic (exact) mass is 82.0 g/mol. The molecule has 0 spiro atoms. The Morgan fingerprint density at radius 3 is 2.00 bits per heavy atom. The Kier molecular flexibility index (Phi) is 0.560. The lowest BCUT2D eigenvalue weighted by Crippen LogP contribution is -2.11. The third-order valence-corrected chi connectivity index (χ3v) is 1.05. The van der Waals surface area contributed by atoms with Crippen molar-refractivity contribution < 1.29 is 4.79 Å². The summed E-state index contributed by atoms with van der Waals surface area (Å²) in [5.74, 6) is 0.245. The molecule has 0 heterocycles. The Morgan fingerprint density at radius 2 is 2.00 bits per heavy atom. The molecule has 32 valence electrons. The summed E-state index contributed by atoms with van der Waals surface area (Å²) in [7, 11) is 0. The number of Topliss-reactive ketones (excluding diaryl/α,β-unsaturated/α-hetero) is 1. The molecule has 1 rings (SSSR count). The van der Waals surface area contributed by atoms with Crippen molar-refractivity contribution in [1.82, 2.24) is 0 Å². The van der Waals surface area contributed by atoms with Gasteiger partial charge in [-0.15, -0.1) is 0 Å². The molecule has 0 aromatic rings. The highest BCUT2D eigenvalue weighted by molar-refractivity contribution is 6.00. The Bertz CT molecular complexity index is 88.5. The van der Waals surface area contributed by atoms with E-state index in [0.29, 0.717) is 0 Å². The van der Waals surface area contributed by atoms with Crippen LogP contribution < -0.4 is 0 Å². The van der Waals surface area contributed by atoms with Crippen LogP contribution in [0.25, 0.3) is 0 Å². The zero-order chi connectivity index (χ0) is 4.57. The summed E-state index contributed by atoms with van der Waals surface area (Å²) in [5, 5.41) is 0. The van der Waals surface area contributed by atoms with E-state index in [-0.39, 0.29) is 5.78 Å². The summed E-state index contributed by atoms with van der Waals surface area (Å²) >= 11 is 0. The molecule has 6 heavy (non-hydrogen) atoms. The van der Waals surface area contributed by atoms with E-state index in [1.807, 2.05) is 0 Å². The molecule has 1 nitrogen and oxygen atoms in total. The molecule has 0 radical (unpaired) electrons. The van der Waals surface area contributed by atoms with Crippen LogP contribution in [0, 0.1) is 0 Å². The van der Waals surface area contributed by atoms with Gasteiger partial charge in [0.05, 0.1) is 0 Å². The van der Waals surface area contributed by atoms with Gasteiger partial charge in [0, 0.05) is 6.42 Å². The molecule has 0 saturated heterocycles. The molecule has 1 heteroatoms. The normalized spacial score (nSPS) is 20.7. The molecule has 0 atom stereocenters. The van der Waals surface area contributed by atoms with Crippen molar-refractivity contribution in [3.8, 4) is 0 Å². The minimum absolute atomic E-state index is 0.245. The van der Waals surface area contributed by atoms with Crippen LogP contribution in [0.2, 0.25) is 0 Å². The maximum Gasteiger partial charge on any atom is 0.158 e. The molecule has 1 aliphatic carbocycles. The molecule has 1 fully saturated rings. The van der Waals surface area contributed by atoms with Crippen molar-refractivity contribution in [2.24, 2.45) is 0 Å². The minimum Gasteiger partial charge on any atom is -0.295 e. The zero-order valence-corrected chi connectivity index (χ0v) is 3.53. The fourth-order valence-electron chi connectivity index (χ4n) is 0.404. The van der Waals surface area contributed by atoms with Gasteiger partial charge in [0.15, 0.2) is 5.78 Å². The highest BCUT2D eigenvalue weighted by atomic mass is 16.1. The lowest BCUT2D eigenvalue weighted by atomic mass is 9.93. The SMILES string of the molecule is C=C1CCC1=O. The first kappa shape index (κ1) is 3.59. The molecule has 1 saturated carbocycles. The van der Waals surface area contributed by atoms with Crippen molar-refractivity contribution in [2.45, 2.75) is 12.8 Å². The summed E-state index contributed by atoms with van der Waals surface area (Å²) in [4.78, 5) is 10.1. The van der Waals surface area contributed by atoms with Gasteiger partial charge in [-0.25, -0.2) is 0 Å². The summed E-state index contributed by atoms with van der Waals surface area (Å²) in [5.41, 5.74) is 0.801. The van der Waals surface area contributed by atoms with E-state index in [1.54, 1.807) is 0 Å². The first-order chi connectivity index (χ1) is 2.80. The predicted octanol–water partition coefficient (Wildman–Crippen LogP) is 0.905. The lowest BCUT2D eigenvalue weighted by molar-refractivity contribution is -0.118. The van der Waals surface area contributed by atoms with Crippen LogP contribution >= 0.6 is 0 Å². The van der Waals surface area contributed by atoms with Crippen molar-refractivity contribution in [1.29, 1.82) is 0 Å². The quantitative estimate of drug-likeness (QED) is 0.397. The number of ketones is 1. The first-order valence-corrected chi connectivity index (χ1v) is 2.01. The molecular weight excluding hydrogens is 76.1 g/mol. The van der Waals surface area contributed by atoms with Crippen LogP contribution in [0.4, 0.5) is 0 Å². The summed E-state index contributed by atoms with van der Waals surface area (Å²) < 4.78 is 0. The topological polar surface area (TPSA) is 17.1 Å². The number of allylic oxidation sites excluding steroid dienone is 1. The number of hydrogen-bond acceptors (Lipinski definition) is 1. The van der Waals surface area contributed by atoms with Crippen LogP contribution in [-0.2, 0) is 4.79 Å². The largest absolute Gasteiger partial charge is 0.295 e. The van der Waals surface area contributed by atoms with Crippen LogP contribution in [0.1, 0.15) is 12.8 Å². The molecule has 0 N–H and O–H groups in total. The van der Waals surface area contributed by atoms with Gasteiger partial charge in [0.25, 0.3) is 0 Å². The third-order valence-electron chi connectivity index (χ3n) is 1.05. The molecule has 0 aromatic heterocycles.